The molecule has 0 saturated heterocycles. The maximum atomic E-state index is 13.5. The van der Waals surface area contributed by atoms with Crippen molar-refractivity contribution >= 4 is 17.8 Å². The fourth-order valence-electron chi connectivity index (χ4n) is 1.83. The van der Waals surface area contributed by atoms with Crippen LogP contribution >= 0.6 is 11.6 Å². The van der Waals surface area contributed by atoms with Crippen LogP contribution in [0.3, 0.4) is 0 Å². The molecule has 0 bridgehead atoms. The molecular weight excluding hydrogens is 347 g/mol. The predicted octanol–water partition coefficient (Wildman–Crippen LogP) is 4.64. The summed E-state index contributed by atoms with van der Waals surface area (Å²) in [6.07, 6.45) is 1.32. The van der Waals surface area contributed by atoms with Crippen LogP contribution in [0.2, 0.25) is 5.02 Å². The maximum absolute atomic E-state index is 13.5. The molecule has 0 amide bonds. The van der Waals surface area contributed by atoms with Crippen LogP contribution in [0.25, 0.3) is 0 Å². The summed E-state index contributed by atoms with van der Waals surface area (Å²) < 4.78 is 47.3. The maximum Gasteiger partial charge on any atom is 0.387 e. The van der Waals surface area contributed by atoms with Crippen LogP contribution in [-0.2, 0) is 11.4 Å². The van der Waals surface area contributed by atoms with Crippen LogP contribution in [0, 0.1) is 5.82 Å². The third kappa shape index (κ3) is 4.79. The van der Waals surface area contributed by atoms with Crippen molar-refractivity contribution in [1.29, 1.82) is 0 Å². The molecule has 0 atom stereocenters. The molecule has 0 radical (unpaired) electrons. The van der Waals surface area contributed by atoms with Gasteiger partial charge in [0.05, 0.1) is 18.3 Å². The lowest BCUT2D eigenvalue weighted by Crippen LogP contribution is -2.03. The van der Waals surface area contributed by atoms with Gasteiger partial charge in [-0.05, 0) is 30.3 Å². The van der Waals surface area contributed by atoms with Gasteiger partial charge in [-0.3, -0.25) is 0 Å². The lowest BCUT2D eigenvalue weighted by molar-refractivity contribution is -0.0512. The topological polar surface area (TPSA) is 40.0 Å². The summed E-state index contributed by atoms with van der Waals surface area (Å²) in [5.41, 5.74) is 0.711. The number of hydrogen-bond acceptors (Lipinski definition) is 4. The third-order valence-electron chi connectivity index (χ3n) is 2.95. The van der Waals surface area contributed by atoms with Gasteiger partial charge < -0.3 is 14.3 Å². The minimum Gasteiger partial charge on any atom is -0.493 e. The van der Waals surface area contributed by atoms with Crippen molar-refractivity contribution < 1.29 is 27.5 Å². The van der Waals surface area contributed by atoms with E-state index in [1.807, 2.05) is 0 Å². The Bertz CT molecular complexity index is 705. The first-order valence-corrected chi connectivity index (χ1v) is 7.10. The second-order valence-corrected chi connectivity index (χ2v) is 4.90. The molecular formula is C16H13ClF3NO3. The van der Waals surface area contributed by atoms with Crippen LogP contribution in [0.15, 0.2) is 41.6 Å². The first-order chi connectivity index (χ1) is 11.5. The first kappa shape index (κ1) is 17.9. The van der Waals surface area contributed by atoms with E-state index in [1.54, 1.807) is 6.07 Å². The van der Waals surface area contributed by atoms with Crippen molar-refractivity contribution in [3.8, 4) is 11.5 Å². The average molecular weight is 360 g/mol. The summed E-state index contributed by atoms with van der Waals surface area (Å²) in [6, 6.07) is 8.55. The van der Waals surface area contributed by atoms with E-state index in [2.05, 4.69) is 9.89 Å². The molecule has 2 aromatic carbocycles. The summed E-state index contributed by atoms with van der Waals surface area (Å²) in [7, 11) is 1.32. The molecule has 0 saturated carbocycles. The predicted molar refractivity (Wildman–Crippen MR) is 83.4 cm³/mol. The van der Waals surface area contributed by atoms with Gasteiger partial charge in [-0.15, -0.1) is 0 Å². The van der Waals surface area contributed by atoms with Crippen LogP contribution in [0.4, 0.5) is 13.2 Å². The number of hydrogen-bond donors (Lipinski definition) is 0. The van der Waals surface area contributed by atoms with Gasteiger partial charge in [0.25, 0.3) is 0 Å². The van der Waals surface area contributed by atoms with Crippen molar-refractivity contribution in [1.82, 2.24) is 0 Å². The Morgan fingerprint density at radius 2 is 2.00 bits per heavy atom. The Kier molecular flexibility index (Phi) is 6.31. The monoisotopic (exact) mass is 359 g/mol. The Balaban J connectivity index is 2.01. The van der Waals surface area contributed by atoms with E-state index in [-0.39, 0.29) is 28.7 Å². The molecule has 128 valence electrons. The lowest BCUT2D eigenvalue weighted by atomic mass is 10.2. The molecule has 0 aliphatic carbocycles. The Morgan fingerprint density at radius 3 is 2.67 bits per heavy atom. The quantitative estimate of drug-likeness (QED) is 0.534. The van der Waals surface area contributed by atoms with Crippen LogP contribution in [0.1, 0.15) is 11.1 Å². The Labute approximate surface area is 141 Å². The number of ether oxygens (including phenoxy) is 2. The zero-order chi connectivity index (χ0) is 17.5. The average Bonchev–Trinajstić information content (AvgIpc) is 2.54. The minimum absolute atomic E-state index is 0.0938. The molecule has 0 N–H and O–H groups in total. The second kappa shape index (κ2) is 8.44. The molecule has 2 rings (SSSR count). The van der Waals surface area contributed by atoms with Crippen molar-refractivity contribution in [3.05, 3.63) is 58.4 Å². The Morgan fingerprint density at radius 1 is 1.21 bits per heavy atom. The molecule has 4 nitrogen and oxygen atoms in total. The van der Waals surface area contributed by atoms with Crippen molar-refractivity contribution in [3.63, 3.8) is 0 Å². The van der Waals surface area contributed by atoms with Gasteiger partial charge in [0, 0.05) is 11.1 Å². The third-order valence-corrected chi connectivity index (χ3v) is 3.30. The number of nitrogens with zero attached hydrogens (tertiary/aromatic N) is 1. The van der Waals surface area contributed by atoms with Crippen molar-refractivity contribution in [2.24, 2.45) is 5.16 Å². The summed E-state index contributed by atoms with van der Waals surface area (Å²) in [5.74, 6) is -0.465. The SMILES string of the molecule is COc1cc(C=NOCc2c(F)cccc2Cl)ccc1OC(F)F. The zero-order valence-electron chi connectivity index (χ0n) is 12.5. The molecule has 0 fully saturated rings. The molecule has 0 aromatic heterocycles. The number of alkyl halides is 2. The van der Waals surface area contributed by atoms with E-state index >= 15 is 0 Å². The van der Waals surface area contributed by atoms with Crippen LogP contribution < -0.4 is 9.47 Å². The highest BCUT2D eigenvalue weighted by Crippen LogP contribution is 2.29. The van der Waals surface area contributed by atoms with Crippen LogP contribution in [0.5, 0.6) is 11.5 Å². The zero-order valence-corrected chi connectivity index (χ0v) is 13.3. The number of methoxy groups -OCH3 is 1. The fourth-order valence-corrected chi connectivity index (χ4v) is 2.05. The highest BCUT2D eigenvalue weighted by Gasteiger charge is 2.10. The van der Waals surface area contributed by atoms with Gasteiger partial charge >= 0.3 is 6.61 Å². The summed E-state index contributed by atoms with van der Waals surface area (Å²) in [4.78, 5) is 5.01. The van der Waals surface area contributed by atoms with E-state index in [9.17, 15) is 13.2 Å². The summed E-state index contributed by atoms with van der Waals surface area (Å²) in [6.45, 7) is -3.10. The van der Waals surface area contributed by atoms with Crippen molar-refractivity contribution in [2.45, 2.75) is 13.2 Å². The van der Waals surface area contributed by atoms with Crippen LogP contribution in [-0.4, -0.2) is 19.9 Å². The highest BCUT2D eigenvalue weighted by molar-refractivity contribution is 6.31. The molecule has 0 unspecified atom stereocenters. The van der Waals surface area contributed by atoms with E-state index in [0.717, 1.165) is 0 Å². The summed E-state index contributed by atoms with van der Waals surface area (Å²) >= 11 is 5.86. The number of halogens is 4. The van der Waals surface area contributed by atoms with E-state index in [1.165, 1.54) is 43.7 Å². The van der Waals surface area contributed by atoms with Gasteiger partial charge in [0.15, 0.2) is 11.5 Å². The second-order valence-electron chi connectivity index (χ2n) is 4.50. The number of benzene rings is 2. The van der Waals surface area contributed by atoms with E-state index in [0.29, 0.717) is 5.56 Å². The minimum atomic E-state index is -2.95. The Hall–Kier alpha value is -2.41. The highest BCUT2D eigenvalue weighted by atomic mass is 35.5. The molecule has 0 aliphatic rings. The van der Waals surface area contributed by atoms with Gasteiger partial charge in [0.1, 0.15) is 12.4 Å². The van der Waals surface area contributed by atoms with E-state index < -0.39 is 12.4 Å². The normalized spacial score (nSPS) is 11.1. The van der Waals surface area contributed by atoms with Gasteiger partial charge in [-0.1, -0.05) is 22.8 Å². The molecule has 24 heavy (non-hydrogen) atoms. The standard InChI is InChI=1S/C16H13ClF3NO3/c1-22-15-7-10(5-6-14(15)24-16(19)20)8-21-23-9-11-12(17)3-2-4-13(11)18/h2-8,16H,9H2,1H3. The number of rotatable bonds is 7. The van der Waals surface area contributed by atoms with E-state index in [4.69, 9.17) is 21.2 Å². The first-order valence-electron chi connectivity index (χ1n) is 6.72. The summed E-state index contributed by atoms with van der Waals surface area (Å²) in [5, 5.41) is 3.93. The molecule has 2 aromatic rings. The molecule has 0 spiro atoms. The molecule has 8 heteroatoms. The molecule has 0 heterocycles. The smallest absolute Gasteiger partial charge is 0.387 e. The van der Waals surface area contributed by atoms with Crippen molar-refractivity contribution in [2.75, 3.05) is 7.11 Å². The fraction of sp³-hybridized carbons (Fsp3) is 0.188. The lowest BCUT2D eigenvalue weighted by Gasteiger charge is -2.10. The van der Waals surface area contributed by atoms with Gasteiger partial charge in [-0.2, -0.15) is 8.78 Å². The molecule has 0 aliphatic heterocycles. The number of oxime groups is 1. The van der Waals surface area contributed by atoms with Gasteiger partial charge in [0.2, 0.25) is 0 Å². The largest absolute Gasteiger partial charge is 0.493 e. The van der Waals surface area contributed by atoms with Gasteiger partial charge in [-0.25, -0.2) is 4.39 Å².